The van der Waals surface area contributed by atoms with E-state index in [1.807, 2.05) is 0 Å². The van der Waals surface area contributed by atoms with Crippen LogP contribution in [0.15, 0.2) is 0 Å². The lowest BCUT2D eigenvalue weighted by Gasteiger charge is -2.14. The van der Waals surface area contributed by atoms with Crippen LogP contribution in [0.25, 0.3) is 0 Å². The average molecular weight is 203 g/mol. The van der Waals surface area contributed by atoms with E-state index in [9.17, 15) is 9.59 Å². The van der Waals surface area contributed by atoms with Crippen LogP contribution < -0.4 is 0 Å². The third-order valence-corrected chi connectivity index (χ3v) is 1.51. The summed E-state index contributed by atoms with van der Waals surface area (Å²) in [6.07, 6.45) is 0. The molecule has 0 aromatic rings. The molecule has 0 bridgehead atoms. The van der Waals surface area contributed by atoms with Gasteiger partial charge in [-0.15, -0.1) is 0 Å². The maximum absolute atomic E-state index is 11.1. The summed E-state index contributed by atoms with van der Waals surface area (Å²) in [7, 11) is 3.38. The van der Waals surface area contributed by atoms with Gasteiger partial charge in [-0.2, -0.15) is 0 Å². The first-order chi connectivity index (χ1) is 6.56. The molecule has 5 heteroatoms. The fourth-order valence-electron chi connectivity index (χ4n) is 0.774. The number of nitrogens with zero attached hydrogens (tertiary/aromatic N) is 1. The zero-order chi connectivity index (χ0) is 11.0. The molecule has 0 aromatic heterocycles. The Morgan fingerprint density at radius 2 is 2.00 bits per heavy atom. The van der Waals surface area contributed by atoms with Crippen molar-refractivity contribution < 1.29 is 19.1 Å². The van der Waals surface area contributed by atoms with Crippen LogP contribution in [0.1, 0.15) is 6.92 Å². The van der Waals surface area contributed by atoms with E-state index in [1.165, 1.54) is 6.92 Å². The molecule has 0 aliphatic carbocycles. The number of rotatable bonds is 7. The lowest BCUT2D eigenvalue weighted by molar-refractivity contribution is -0.148. The van der Waals surface area contributed by atoms with Crippen LogP contribution >= 0.6 is 0 Å². The largest absolute Gasteiger partial charge is 0.457 e. The van der Waals surface area contributed by atoms with Crippen LogP contribution in [0.4, 0.5) is 0 Å². The van der Waals surface area contributed by atoms with Gasteiger partial charge < -0.3 is 9.47 Å². The summed E-state index contributed by atoms with van der Waals surface area (Å²) >= 11 is 0. The molecule has 0 unspecified atom stereocenters. The number of esters is 1. The van der Waals surface area contributed by atoms with Crippen molar-refractivity contribution in [1.29, 1.82) is 0 Å². The molecule has 14 heavy (non-hydrogen) atoms. The molecule has 0 spiro atoms. The Hall–Kier alpha value is -0.940. The molecule has 0 aliphatic rings. The van der Waals surface area contributed by atoms with E-state index in [0.717, 1.165) is 0 Å². The van der Waals surface area contributed by atoms with Crippen LogP contribution in [0.2, 0.25) is 0 Å². The predicted octanol–water partition coefficient (Wildman–Crippen LogP) is -0.303. The second-order valence-corrected chi connectivity index (χ2v) is 3.09. The van der Waals surface area contributed by atoms with E-state index in [0.29, 0.717) is 13.2 Å². The molecule has 82 valence electrons. The SMILES string of the molecule is COCCN(C)CC(=O)OCC(C)=O. The summed E-state index contributed by atoms with van der Waals surface area (Å²) < 4.78 is 9.53. The zero-order valence-corrected chi connectivity index (χ0v) is 8.91. The summed E-state index contributed by atoms with van der Waals surface area (Å²) in [4.78, 5) is 23.3. The maximum atomic E-state index is 11.1. The third-order valence-electron chi connectivity index (χ3n) is 1.51. The highest BCUT2D eigenvalue weighted by Crippen LogP contribution is 1.86. The highest BCUT2D eigenvalue weighted by Gasteiger charge is 2.07. The number of carbonyl (C=O) groups excluding carboxylic acids is 2. The molecule has 0 amide bonds. The van der Waals surface area contributed by atoms with Gasteiger partial charge in [0.1, 0.15) is 6.61 Å². The van der Waals surface area contributed by atoms with Gasteiger partial charge in [0.05, 0.1) is 13.2 Å². The number of ketones is 1. The Bertz CT molecular complexity index is 193. The van der Waals surface area contributed by atoms with Gasteiger partial charge in [0.25, 0.3) is 0 Å². The van der Waals surface area contributed by atoms with E-state index < -0.39 is 0 Å². The lowest BCUT2D eigenvalue weighted by atomic mass is 10.5. The molecule has 5 nitrogen and oxygen atoms in total. The normalized spacial score (nSPS) is 10.3. The minimum atomic E-state index is -0.390. The van der Waals surface area contributed by atoms with Crippen LogP contribution in [0.5, 0.6) is 0 Å². The minimum absolute atomic E-state index is 0.142. The first kappa shape index (κ1) is 13.1. The van der Waals surface area contributed by atoms with Crippen LogP contribution in [-0.4, -0.2) is 57.1 Å². The topological polar surface area (TPSA) is 55.8 Å². The molecule has 0 rings (SSSR count). The van der Waals surface area contributed by atoms with Crippen molar-refractivity contribution >= 4 is 11.8 Å². The molecule has 0 radical (unpaired) electrons. The maximum Gasteiger partial charge on any atom is 0.320 e. The first-order valence-corrected chi connectivity index (χ1v) is 4.38. The van der Waals surface area contributed by atoms with Crippen molar-refractivity contribution in [2.45, 2.75) is 6.92 Å². The lowest BCUT2D eigenvalue weighted by Crippen LogP contribution is -2.30. The van der Waals surface area contributed by atoms with Crippen molar-refractivity contribution in [3.63, 3.8) is 0 Å². The Morgan fingerprint density at radius 1 is 1.36 bits per heavy atom. The number of Topliss-reactive ketones (excluding diaryl/α,β-unsaturated/α-hetero) is 1. The summed E-state index contributed by atoms with van der Waals surface area (Å²) in [6.45, 7) is 2.64. The van der Waals surface area contributed by atoms with Gasteiger partial charge in [-0.1, -0.05) is 0 Å². The second-order valence-electron chi connectivity index (χ2n) is 3.09. The van der Waals surface area contributed by atoms with Gasteiger partial charge >= 0.3 is 5.97 Å². The molecular weight excluding hydrogens is 186 g/mol. The Kier molecular flexibility index (Phi) is 6.96. The Labute approximate surface area is 84.0 Å². The van der Waals surface area contributed by atoms with Gasteiger partial charge in [0.2, 0.25) is 0 Å². The van der Waals surface area contributed by atoms with Crippen molar-refractivity contribution in [2.24, 2.45) is 0 Å². The summed E-state index contributed by atoms with van der Waals surface area (Å²) in [6, 6.07) is 0. The number of hydrogen-bond acceptors (Lipinski definition) is 5. The van der Waals surface area contributed by atoms with Gasteiger partial charge in [0.15, 0.2) is 5.78 Å². The van der Waals surface area contributed by atoms with Crippen molar-refractivity contribution in [1.82, 2.24) is 4.90 Å². The number of ether oxygens (including phenoxy) is 2. The number of methoxy groups -OCH3 is 1. The predicted molar refractivity (Wildman–Crippen MR) is 51.0 cm³/mol. The summed E-state index contributed by atoms with van der Waals surface area (Å²) in [5.41, 5.74) is 0. The van der Waals surface area contributed by atoms with Crippen LogP contribution in [0.3, 0.4) is 0 Å². The summed E-state index contributed by atoms with van der Waals surface area (Å²) in [5.74, 6) is -0.545. The van der Waals surface area contributed by atoms with E-state index in [1.54, 1.807) is 19.1 Å². The standard InChI is InChI=1S/C9H17NO4/c1-8(11)7-14-9(12)6-10(2)4-5-13-3/h4-7H2,1-3H3. The molecule has 0 aliphatic heterocycles. The smallest absolute Gasteiger partial charge is 0.320 e. The number of carbonyl (C=O) groups is 2. The fraction of sp³-hybridized carbons (Fsp3) is 0.778. The molecule has 0 heterocycles. The van der Waals surface area contributed by atoms with Crippen molar-refractivity contribution in [3.05, 3.63) is 0 Å². The third kappa shape index (κ3) is 7.70. The molecule has 0 aromatic carbocycles. The van der Waals surface area contributed by atoms with Gasteiger partial charge in [-0.3, -0.25) is 14.5 Å². The van der Waals surface area contributed by atoms with Crippen molar-refractivity contribution in [2.75, 3.05) is 40.5 Å². The van der Waals surface area contributed by atoms with E-state index in [2.05, 4.69) is 4.74 Å². The van der Waals surface area contributed by atoms with Gasteiger partial charge in [0, 0.05) is 13.7 Å². The van der Waals surface area contributed by atoms with Crippen molar-refractivity contribution in [3.8, 4) is 0 Å². The van der Waals surface area contributed by atoms with Crippen LogP contribution in [0, 0.1) is 0 Å². The Balaban J connectivity index is 3.55. The van der Waals surface area contributed by atoms with E-state index in [-0.39, 0.29) is 24.9 Å². The molecule has 0 saturated heterocycles. The average Bonchev–Trinajstić information content (AvgIpc) is 2.11. The molecule has 0 fully saturated rings. The van der Waals surface area contributed by atoms with Gasteiger partial charge in [-0.25, -0.2) is 0 Å². The highest BCUT2D eigenvalue weighted by molar-refractivity contribution is 5.80. The fourth-order valence-corrected chi connectivity index (χ4v) is 0.774. The number of likely N-dealkylation sites (N-methyl/N-ethyl adjacent to an activating group) is 1. The Morgan fingerprint density at radius 3 is 2.50 bits per heavy atom. The first-order valence-electron chi connectivity index (χ1n) is 4.38. The molecule has 0 atom stereocenters. The molecule has 0 N–H and O–H groups in total. The van der Waals surface area contributed by atoms with E-state index in [4.69, 9.17) is 4.74 Å². The van der Waals surface area contributed by atoms with Crippen LogP contribution in [-0.2, 0) is 19.1 Å². The van der Waals surface area contributed by atoms with Gasteiger partial charge in [-0.05, 0) is 14.0 Å². The quantitative estimate of drug-likeness (QED) is 0.531. The zero-order valence-electron chi connectivity index (χ0n) is 8.91. The molecular formula is C9H17NO4. The second kappa shape index (κ2) is 7.46. The minimum Gasteiger partial charge on any atom is -0.457 e. The monoisotopic (exact) mass is 203 g/mol. The summed E-state index contributed by atoms with van der Waals surface area (Å²) in [5, 5.41) is 0. The van der Waals surface area contributed by atoms with E-state index >= 15 is 0 Å². The molecule has 0 saturated carbocycles. The number of hydrogen-bond donors (Lipinski definition) is 0. The highest BCUT2D eigenvalue weighted by atomic mass is 16.5.